The molecule has 0 aliphatic heterocycles. The Morgan fingerprint density at radius 1 is 1.33 bits per heavy atom. The average Bonchev–Trinajstić information content (AvgIpc) is 2.73. The van der Waals surface area contributed by atoms with Gasteiger partial charge in [-0.25, -0.2) is 0 Å². The van der Waals surface area contributed by atoms with Gasteiger partial charge in [0.15, 0.2) is 0 Å². The summed E-state index contributed by atoms with van der Waals surface area (Å²) in [5, 5.41) is 17.2. The fourth-order valence-corrected chi connectivity index (χ4v) is 2.67. The summed E-state index contributed by atoms with van der Waals surface area (Å²) in [6.07, 6.45) is 0.982. The first-order valence-electron chi connectivity index (χ1n) is 7.45. The van der Waals surface area contributed by atoms with Gasteiger partial charge in [0.25, 0.3) is 0 Å². The highest BCUT2D eigenvalue weighted by molar-refractivity contribution is 5.26. The molecule has 2 aromatic rings. The highest BCUT2D eigenvalue weighted by Crippen LogP contribution is 2.16. The Kier molecular flexibility index (Phi) is 5.15. The van der Waals surface area contributed by atoms with Crippen molar-refractivity contribution in [1.29, 1.82) is 0 Å². The van der Waals surface area contributed by atoms with Crippen molar-refractivity contribution >= 4 is 0 Å². The molecular formula is C17H25N3O. The van der Waals surface area contributed by atoms with E-state index in [0.717, 1.165) is 24.2 Å². The molecule has 2 rings (SSSR count). The lowest BCUT2D eigenvalue weighted by Crippen LogP contribution is -2.21. The molecule has 0 radical (unpaired) electrons. The second-order valence-corrected chi connectivity index (χ2v) is 5.60. The van der Waals surface area contributed by atoms with E-state index in [0.29, 0.717) is 0 Å². The Hall–Kier alpha value is -1.65. The molecule has 1 aromatic heterocycles. The monoisotopic (exact) mass is 287 g/mol. The normalized spacial score (nSPS) is 12.6. The lowest BCUT2D eigenvalue weighted by molar-refractivity contribution is 0.281. The largest absolute Gasteiger partial charge is 0.392 e. The standard InChI is InChI=1S/C17H25N3O/c1-12(16-7-5-6-15(10-16)11-21)18-9-8-17-13(2)19-20(4)14(17)3/h5-7,10,12,18,21H,8-9,11H2,1-4H3. The van der Waals surface area contributed by atoms with Crippen LogP contribution in [0, 0.1) is 13.8 Å². The number of hydrogen-bond acceptors (Lipinski definition) is 3. The molecule has 0 bridgehead atoms. The molecule has 0 amide bonds. The predicted octanol–water partition coefficient (Wildman–Crippen LogP) is 2.42. The van der Waals surface area contributed by atoms with Gasteiger partial charge in [0.1, 0.15) is 0 Å². The quantitative estimate of drug-likeness (QED) is 0.858. The van der Waals surface area contributed by atoms with Crippen LogP contribution in [-0.4, -0.2) is 21.4 Å². The van der Waals surface area contributed by atoms with Crippen molar-refractivity contribution in [2.45, 2.75) is 39.8 Å². The Balaban J connectivity index is 1.93. The molecule has 114 valence electrons. The first kappa shape index (κ1) is 15.7. The second-order valence-electron chi connectivity index (χ2n) is 5.60. The lowest BCUT2D eigenvalue weighted by Gasteiger charge is -2.15. The number of aryl methyl sites for hydroxylation is 2. The van der Waals surface area contributed by atoms with Crippen LogP contribution in [0.15, 0.2) is 24.3 Å². The van der Waals surface area contributed by atoms with E-state index < -0.39 is 0 Å². The van der Waals surface area contributed by atoms with Crippen LogP contribution in [-0.2, 0) is 20.1 Å². The van der Waals surface area contributed by atoms with Crippen molar-refractivity contribution in [3.63, 3.8) is 0 Å². The van der Waals surface area contributed by atoms with Crippen LogP contribution < -0.4 is 5.32 Å². The van der Waals surface area contributed by atoms with Gasteiger partial charge in [0.05, 0.1) is 12.3 Å². The maximum atomic E-state index is 9.20. The van der Waals surface area contributed by atoms with Crippen LogP contribution in [0.5, 0.6) is 0 Å². The smallest absolute Gasteiger partial charge is 0.0681 e. The number of nitrogens with one attached hydrogen (secondary N) is 1. The van der Waals surface area contributed by atoms with E-state index in [1.807, 2.05) is 23.9 Å². The van der Waals surface area contributed by atoms with E-state index in [4.69, 9.17) is 0 Å². The molecule has 1 atom stereocenters. The molecule has 4 heteroatoms. The first-order chi connectivity index (χ1) is 10.0. The minimum absolute atomic E-state index is 0.0919. The molecule has 1 unspecified atom stereocenters. The van der Waals surface area contributed by atoms with Crippen LogP contribution >= 0.6 is 0 Å². The van der Waals surface area contributed by atoms with E-state index in [-0.39, 0.29) is 12.6 Å². The average molecular weight is 287 g/mol. The Labute approximate surface area is 126 Å². The number of aliphatic hydroxyl groups excluding tert-OH is 1. The van der Waals surface area contributed by atoms with Gasteiger partial charge in [0.2, 0.25) is 0 Å². The van der Waals surface area contributed by atoms with Gasteiger partial charge in [-0.2, -0.15) is 5.10 Å². The summed E-state index contributed by atoms with van der Waals surface area (Å²) >= 11 is 0. The van der Waals surface area contributed by atoms with Crippen molar-refractivity contribution in [2.24, 2.45) is 7.05 Å². The van der Waals surface area contributed by atoms with Crippen LogP contribution in [0.1, 0.15) is 41.0 Å². The van der Waals surface area contributed by atoms with Gasteiger partial charge in [0, 0.05) is 18.8 Å². The molecule has 0 fully saturated rings. The SMILES string of the molecule is Cc1nn(C)c(C)c1CCNC(C)c1cccc(CO)c1. The Morgan fingerprint density at radius 2 is 2.10 bits per heavy atom. The van der Waals surface area contributed by atoms with Crippen LogP contribution in [0.3, 0.4) is 0 Å². The molecule has 1 heterocycles. The van der Waals surface area contributed by atoms with Crippen molar-refractivity contribution in [2.75, 3.05) is 6.54 Å². The Bertz CT molecular complexity index is 604. The first-order valence-corrected chi connectivity index (χ1v) is 7.45. The highest BCUT2D eigenvalue weighted by atomic mass is 16.3. The summed E-state index contributed by atoms with van der Waals surface area (Å²) in [5.41, 5.74) is 5.86. The molecule has 0 aliphatic carbocycles. The van der Waals surface area contributed by atoms with Gasteiger partial charge >= 0.3 is 0 Å². The maximum absolute atomic E-state index is 9.20. The van der Waals surface area contributed by atoms with Crippen molar-refractivity contribution in [3.8, 4) is 0 Å². The minimum atomic E-state index is 0.0919. The van der Waals surface area contributed by atoms with Gasteiger partial charge in [-0.3, -0.25) is 4.68 Å². The fourth-order valence-electron chi connectivity index (χ4n) is 2.67. The number of rotatable bonds is 6. The number of aromatic nitrogens is 2. The van der Waals surface area contributed by atoms with Crippen LogP contribution in [0.2, 0.25) is 0 Å². The predicted molar refractivity (Wildman–Crippen MR) is 85.2 cm³/mol. The molecule has 0 saturated heterocycles. The molecular weight excluding hydrogens is 262 g/mol. The summed E-state index contributed by atoms with van der Waals surface area (Å²) < 4.78 is 1.94. The minimum Gasteiger partial charge on any atom is -0.392 e. The van der Waals surface area contributed by atoms with E-state index in [1.54, 1.807) is 0 Å². The van der Waals surface area contributed by atoms with Gasteiger partial charge in [-0.1, -0.05) is 24.3 Å². The third kappa shape index (κ3) is 3.71. The van der Waals surface area contributed by atoms with Gasteiger partial charge < -0.3 is 10.4 Å². The number of benzene rings is 1. The third-order valence-corrected chi connectivity index (χ3v) is 4.12. The molecule has 0 saturated carbocycles. The highest BCUT2D eigenvalue weighted by Gasteiger charge is 2.10. The summed E-state index contributed by atoms with van der Waals surface area (Å²) in [5.74, 6) is 0. The maximum Gasteiger partial charge on any atom is 0.0681 e. The summed E-state index contributed by atoms with van der Waals surface area (Å²) in [6, 6.07) is 8.36. The molecule has 0 aliphatic rings. The summed E-state index contributed by atoms with van der Waals surface area (Å²) in [4.78, 5) is 0. The number of aliphatic hydroxyl groups is 1. The third-order valence-electron chi connectivity index (χ3n) is 4.12. The van der Waals surface area contributed by atoms with Crippen molar-refractivity contribution in [1.82, 2.24) is 15.1 Å². The van der Waals surface area contributed by atoms with E-state index >= 15 is 0 Å². The second kappa shape index (κ2) is 6.87. The summed E-state index contributed by atoms with van der Waals surface area (Å²) in [7, 11) is 1.99. The van der Waals surface area contributed by atoms with Crippen LogP contribution in [0.4, 0.5) is 0 Å². The zero-order valence-corrected chi connectivity index (χ0v) is 13.3. The van der Waals surface area contributed by atoms with Gasteiger partial charge in [-0.15, -0.1) is 0 Å². The summed E-state index contributed by atoms with van der Waals surface area (Å²) in [6.45, 7) is 7.34. The van der Waals surface area contributed by atoms with Gasteiger partial charge in [-0.05, 0) is 50.4 Å². The molecule has 21 heavy (non-hydrogen) atoms. The van der Waals surface area contributed by atoms with Crippen molar-refractivity contribution in [3.05, 3.63) is 52.3 Å². The molecule has 2 N–H and O–H groups in total. The number of hydrogen-bond donors (Lipinski definition) is 2. The zero-order chi connectivity index (χ0) is 15.4. The topological polar surface area (TPSA) is 50.1 Å². The number of nitrogens with zero attached hydrogens (tertiary/aromatic N) is 2. The van der Waals surface area contributed by atoms with Crippen LogP contribution in [0.25, 0.3) is 0 Å². The zero-order valence-electron chi connectivity index (χ0n) is 13.3. The van der Waals surface area contributed by atoms with E-state index in [9.17, 15) is 5.11 Å². The lowest BCUT2D eigenvalue weighted by atomic mass is 10.0. The molecule has 0 spiro atoms. The Morgan fingerprint density at radius 3 is 2.71 bits per heavy atom. The van der Waals surface area contributed by atoms with E-state index in [2.05, 4.69) is 43.3 Å². The molecule has 1 aromatic carbocycles. The fraction of sp³-hybridized carbons (Fsp3) is 0.471. The van der Waals surface area contributed by atoms with Crippen molar-refractivity contribution < 1.29 is 5.11 Å². The molecule has 4 nitrogen and oxygen atoms in total. The van der Waals surface area contributed by atoms with E-state index in [1.165, 1.54) is 16.8 Å².